The van der Waals surface area contributed by atoms with Crippen molar-refractivity contribution in [1.29, 1.82) is 0 Å². The third-order valence-corrected chi connectivity index (χ3v) is 7.29. The molecule has 3 aromatic carbocycles. The van der Waals surface area contributed by atoms with Gasteiger partial charge in [0.2, 0.25) is 5.78 Å². The van der Waals surface area contributed by atoms with Crippen LogP contribution in [0.1, 0.15) is 27.7 Å². The van der Waals surface area contributed by atoms with E-state index in [2.05, 4.69) is 4.98 Å². The van der Waals surface area contributed by atoms with E-state index in [1.54, 1.807) is 43.5 Å². The molecule has 0 saturated carbocycles. The molecule has 1 atom stereocenters. The lowest BCUT2D eigenvalue weighted by molar-refractivity contribution is -0.117. The van der Waals surface area contributed by atoms with Crippen LogP contribution in [0.4, 0.5) is 5.13 Å². The summed E-state index contributed by atoms with van der Waals surface area (Å²) in [5.41, 5.74) is 2.92. The number of furan rings is 1. The number of anilines is 1. The molecule has 1 amide bonds. The highest BCUT2D eigenvalue weighted by molar-refractivity contribution is 7.22. The van der Waals surface area contributed by atoms with Crippen molar-refractivity contribution in [2.24, 2.45) is 0 Å². The van der Waals surface area contributed by atoms with E-state index in [1.807, 2.05) is 43.3 Å². The number of ketones is 1. The summed E-state index contributed by atoms with van der Waals surface area (Å²) in [6.45, 7) is 1.98. The summed E-state index contributed by atoms with van der Waals surface area (Å²) in [5.74, 6) is -1.19. The summed E-state index contributed by atoms with van der Waals surface area (Å²) in [7, 11) is 1.56. The molecular weight excluding hydrogens is 476 g/mol. The topological polar surface area (TPSA) is 92.9 Å². The van der Waals surface area contributed by atoms with Gasteiger partial charge in [-0.15, -0.1) is 0 Å². The van der Waals surface area contributed by atoms with Crippen molar-refractivity contribution in [3.8, 4) is 5.75 Å². The van der Waals surface area contributed by atoms with E-state index >= 15 is 0 Å². The van der Waals surface area contributed by atoms with E-state index in [0.29, 0.717) is 22.0 Å². The summed E-state index contributed by atoms with van der Waals surface area (Å²) in [4.78, 5) is 33.2. The van der Waals surface area contributed by atoms with Gasteiger partial charge in [-0.3, -0.25) is 14.5 Å². The Balaban J connectivity index is 1.51. The Labute approximate surface area is 209 Å². The zero-order chi connectivity index (χ0) is 25.0. The van der Waals surface area contributed by atoms with Gasteiger partial charge in [0.25, 0.3) is 5.91 Å². The Morgan fingerprint density at radius 2 is 1.86 bits per heavy atom. The van der Waals surface area contributed by atoms with Crippen LogP contribution in [-0.4, -0.2) is 28.9 Å². The van der Waals surface area contributed by atoms with E-state index in [0.717, 1.165) is 21.2 Å². The summed E-state index contributed by atoms with van der Waals surface area (Å²) < 4.78 is 12.0. The van der Waals surface area contributed by atoms with Crippen molar-refractivity contribution in [1.82, 2.24) is 4.98 Å². The molecule has 0 bridgehead atoms. The number of para-hydroxylation sites is 1. The molecule has 3 heterocycles. The van der Waals surface area contributed by atoms with Gasteiger partial charge in [0, 0.05) is 5.39 Å². The highest BCUT2D eigenvalue weighted by Crippen LogP contribution is 2.44. The highest BCUT2D eigenvalue weighted by atomic mass is 32.1. The number of ether oxygens (including phenoxy) is 1. The van der Waals surface area contributed by atoms with E-state index in [1.165, 1.54) is 16.2 Å². The quantitative estimate of drug-likeness (QED) is 0.294. The van der Waals surface area contributed by atoms with Crippen molar-refractivity contribution < 1.29 is 23.8 Å². The van der Waals surface area contributed by atoms with Gasteiger partial charge in [-0.25, -0.2) is 4.98 Å². The fraction of sp³-hybridized carbons (Fsp3) is 0.107. The number of carbonyl (C=O) groups excluding carboxylic acids is 2. The number of aliphatic hydroxyl groups excluding tert-OH is 1. The van der Waals surface area contributed by atoms with Crippen LogP contribution < -0.4 is 9.64 Å². The largest absolute Gasteiger partial charge is 0.503 e. The normalized spacial score (nSPS) is 15.9. The van der Waals surface area contributed by atoms with Gasteiger partial charge in [-0.1, -0.05) is 47.7 Å². The Kier molecular flexibility index (Phi) is 5.12. The molecule has 2 aromatic heterocycles. The predicted octanol–water partition coefficient (Wildman–Crippen LogP) is 6.14. The second kappa shape index (κ2) is 8.35. The zero-order valence-corrected chi connectivity index (χ0v) is 20.2. The lowest BCUT2D eigenvalue weighted by Gasteiger charge is -2.24. The number of aliphatic hydroxyl groups is 1. The fourth-order valence-electron chi connectivity index (χ4n) is 4.49. The zero-order valence-electron chi connectivity index (χ0n) is 19.4. The molecule has 6 rings (SSSR count). The second-order valence-electron chi connectivity index (χ2n) is 8.56. The lowest BCUT2D eigenvalue weighted by Crippen LogP contribution is -2.30. The maximum absolute atomic E-state index is 13.7. The molecule has 0 fully saturated rings. The Hall–Kier alpha value is -4.43. The first-order valence-electron chi connectivity index (χ1n) is 11.3. The number of benzene rings is 3. The smallest absolute Gasteiger partial charge is 0.296 e. The molecule has 0 saturated heterocycles. The van der Waals surface area contributed by atoms with Gasteiger partial charge in [-0.05, 0) is 54.4 Å². The first-order chi connectivity index (χ1) is 17.4. The second-order valence-corrected chi connectivity index (χ2v) is 9.57. The average molecular weight is 497 g/mol. The molecule has 5 aromatic rings. The molecule has 8 heteroatoms. The number of hydrogen-bond acceptors (Lipinski definition) is 7. The van der Waals surface area contributed by atoms with Crippen molar-refractivity contribution in [3.63, 3.8) is 0 Å². The van der Waals surface area contributed by atoms with Crippen molar-refractivity contribution >= 4 is 49.3 Å². The molecular formula is C28H20N2O5S. The molecule has 1 aliphatic heterocycles. The van der Waals surface area contributed by atoms with Gasteiger partial charge in [-0.2, -0.15) is 0 Å². The Morgan fingerprint density at radius 3 is 2.61 bits per heavy atom. The summed E-state index contributed by atoms with van der Waals surface area (Å²) in [6.07, 6.45) is 0. The molecule has 1 unspecified atom stereocenters. The SMILES string of the molecule is COc1ccc(C2C(C(=O)c3cc4ccccc4o3)=C(O)C(=O)N2c2nc3ccc(C)cc3s2)cc1. The monoisotopic (exact) mass is 496 g/mol. The first kappa shape index (κ1) is 22.1. The molecule has 0 aliphatic carbocycles. The number of nitrogens with zero attached hydrogens (tertiary/aromatic N) is 2. The summed E-state index contributed by atoms with van der Waals surface area (Å²) in [6, 6.07) is 20.8. The summed E-state index contributed by atoms with van der Waals surface area (Å²) >= 11 is 1.33. The number of methoxy groups -OCH3 is 1. The van der Waals surface area contributed by atoms with E-state index in [4.69, 9.17) is 9.15 Å². The number of carbonyl (C=O) groups is 2. The lowest BCUT2D eigenvalue weighted by atomic mass is 9.95. The van der Waals surface area contributed by atoms with Crippen LogP contribution in [-0.2, 0) is 4.79 Å². The minimum atomic E-state index is -0.897. The van der Waals surface area contributed by atoms with Crippen LogP contribution >= 0.6 is 11.3 Å². The third kappa shape index (κ3) is 3.46. The molecule has 1 N–H and O–H groups in total. The summed E-state index contributed by atoms with van der Waals surface area (Å²) in [5, 5.41) is 12.2. The molecule has 1 aliphatic rings. The van der Waals surface area contributed by atoms with Crippen molar-refractivity contribution in [2.45, 2.75) is 13.0 Å². The van der Waals surface area contributed by atoms with Crippen LogP contribution in [0.3, 0.4) is 0 Å². The maximum Gasteiger partial charge on any atom is 0.296 e. The fourth-order valence-corrected chi connectivity index (χ4v) is 5.58. The van der Waals surface area contributed by atoms with Crippen molar-refractivity contribution in [3.05, 3.63) is 101 Å². The Bertz CT molecular complexity index is 1660. The van der Waals surface area contributed by atoms with Crippen LogP contribution in [0.15, 0.2) is 88.5 Å². The van der Waals surface area contributed by atoms with Gasteiger partial charge >= 0.3 is 0 Å². The van der Waals surface area contributed by atoms with E-state index in [-0.39, 0.29) is 11.3 Å². The number of fused-ring (bicyclic) bond motifs is 2. The number of rotatable bonds is 5. The minimum Gasteiger partial charge on any atom is -0.503 e. The molecule has 0 radical (unpaired) electrons. The third-order valence-electron chi connectivity index (χ3n) is 6.27. The first-order valence-corrected chi connectivity index (χ1v) is 12.1. The standard InChI is InChI=1S/C28H20N2O5S/c1-15-7-12-19-22(13-15)36-28(29-19)30-24(16-8-10-18(34-2)11-9-16)23(26(32)27(30)33)25(31)21-14-17-5-3-4-6-20(17)35-21/h3-14,24,32H,1-2H3. The number of aryl methyl sites for hydroxylation is 1. The minimum absolute atomic E-state index is 0.0471. The average Bonchev–Trinajstić information content (AvgIpc) is 3.57. The number of thiazole rings is 1. The number of aromatic nitrogens is 1. The van der Waals surface area contributed by atoms with Gasteiger partial charge in [0.05, 0.1) is 28.9 Å². The van der Waals surface area contributed by atoms with Gasteiger partial charge in [0.15, 0.2) is 16.7 Å². The van der Waals surface area contributed by atoms with Gasteiger partial charge in [0.1, 0.15) is 11.3 Å². The molecule has 7 nitrogen and oxygen atoms in total. The molecule has 36 heavy (non-hydrogen) atoms. The molecule has 178 valence electrons. The van der Waals surface area contributed by atoms with Gasteiger partial charge < -0.3 is 14.3 Å². The van der Waals surface area contributed by atoms with Crippen LogP contribution in [0.25, 0.3) is 21.2 Å². The van der Waals surface area contributed by atoms with E-state index in [9.17, 15) is 14.7 Å². The maximum atomic E-state index is 13.7. The van der Waals surface area contributed by atoms with Crippen molar-refractivity contribution in [2.75, 3.05) is 12.0 Å². The number of Topliss-reactive ketones (excluding diaryl/α,β-unsaturated/α-hetero) is 1. The van der Waals surface area contributed by atoms with Crippen LogP contribution in [0, 0.1) is 6.92 Å². The molecule has 0 spiro atoms. The predicted molar refractivity (Wildman–Crippen MR) is 138 cm³/mol. The van der Waals surface area contributed by atoms with Crippen LogP contribution in [0.5, 0.6) is 5.75 Å². The number of hydrogen-bond donors (Lipinski definition) is 1. The van der Waals surface area contributed by atoms with Crippen LogP contribution in [0.2, 0.25) is 0 Å². The number of amides is 1. The van der Waals surface area contributed by atoms with E-state index < -0.39 is 23.5 Å². The Morgan fingerprint density at radius 1 is 1.08 bits per heavy atom. The highest BCUT2D eigenvalue weighted by Gasteiger charge is 2.46.